The molecule has 0 saturated carbocycles. The van der Waals surface area contributed by atoms with Gasteiger partial charge in [0.1, 0.15) is 6.04 Å². The van der Waals surface area contributed by atoms with E-state index < -0.39 is 43.0 Å². The molecule has 1 fully saturated rings. The van der Waals surface area contributed by atoms with Gasteiger partial charge < -0.3 is 30.7 Å². The van der Waals surface area contributed by atoms with Crippen molar-refractivity contribution < 1.29 is 35.0 Å². The monoisotopic (exact) mass is 275 g/mol. The van der Waals surface area contributed by atoms with E-state index in [1.165, 1.54) is 0 Å². The van der Waals surface area contributed by atoms with Crippen LogP contribution < -0.4 is 5.32 Å². The first-order valence-electron chi connectivity index (χ1n) is 6.02. The third kappa shape index (κ3) is 3.66. The van der Waals surface area contributed by atoms with Gasteiger partial charge in [-0.3, -0.25) is 9.59 Å². The van der Waals surface area contributed by atoms with Gasteiger partial charge in [-0.15, -0.1) is 0 Å². The molecule has 19 heavy (non-hydrogen) atoms. The van der Waals surface area contributed by atoms with Gasteiger partial charge in [0.2, 0.25) is 0 Å². The van der Waals surface area contributed by atoms with Crippen molar-refractivity contribution in [2.45, 2.75) is 37.7 Å². The van der Waals surface area contributed by atoms with Gasteiger partial charge in [-0.2, -0.15) is 0 Å². The molecule has 0 aliphatic carbocycles. The normalized spacial score (nSPS) is 30.3. The van der Waals surface area contributed by atoms with Crippen molar-refractivity contribution in [3.8, 4) is 0 Å². The third-order valence-corrected chi connectivity index (χ3v) is 3.59. The number of carbonyl (C=O) groups is 2. The highest BCUT2D eigenvalue weighted by molar-refractivity contribution is 6.40. The summed E-state index contributed by atoms with van der Waals surface area (Å²) in [5.41, 5.74) is -1.33. The molecule has 3 atom stereocenters. The van der Waals surface area contributed by atoms with E-state index in [1.807, 2.05) is 0 Å². The maximum absolute atomic E-state index is 11.2. The van der Waals surface area contributed by atoms with Crippen LogP contribution in [0.4, 0.5) is 0 Å². The summed E-state index contributed by atoms with van der Waals surface area (Å²) >= 11 is 0. The number of nitrogens with one attached hydrogen (secondary N) is 1. The Bertz CT molecular complexity index is 351. The number of carboxylic acids is 2. The molecule has 1 heterocycles. The first-order valence-corrected chi connectivity index (χ1v) is 6.02. The van der Waals surface area contributed by atoms with Gasteiger partial charge in [-0.05, 0) is 12.7 Å². The van der Waals surface area contributed by atoms with Crippen LogP contribution in [0.2, 0.25) is 6.32 Å². The molecule has 1 rings (SSSR count). The molecule has 9 heteroatoms. The number of aliphatic hydroxyl groups excluding tert-OH is 1. The number of carboxylic acid groups (broad SMARTS) is 2. The minimum Gasteiger partial charge on any atom is -0.481 e. The second-order valence-corrected chi connectivity index (χ2v) is 4.87. The van der Waals surface area contributed by atoms with E-state index in [0.717, 1.165) is 0 Å². The Labute approximate surface area is 110 Å². The van der Waals surface area contributed by atoms with E-state index in [-0.39, 0.29) is 25.7 Å². The third-order valence-electron chi connectivity index (χ3n) is 3.59. The molecule has 0 radical (unpaired) electrons. The molecule has 8 nitrogen and oxygen atoms in total. The van der Waals surface area contributed by atoms with Gasteiger partial charge in [0, 0.05) is 12.0 Å². The van der Waals surface area contributed by atoms with Crippen LogP contribution in [0.1, 0.15) is 19.3 Å². The van der Waals surface area contributed by atoms with Crippen LogP contribution in [0.15, 0.2) is 0 Å². The lowest BCUT2D eigenvalue weighted by Crippen LogP contribution is -2.48. The number of β-amino-alcohol motifs (C(OH)–C–C–N with tert-alkyl or cyclic N) is 1. The Kier molecular flexibility index (Phi) is 5.30. The summed E-state index contributed by atoms with van der Waals surface area (Å²) in [6.07, 6.45) is -1.28. The van der Waals surface area contributed by atoms with E-state index >= 15 is 0 Å². The predicted molar refractivity (Wildman–Crippen MR) is 64.4 cm³/mol. The molecule has 108 valence electrons. The standard InChI is InChI=1S/C10H18BNO7/c13-6-5-12-8(9(16)17)10(6,4-7(14)15)2-1-3-11(18)19/h6,8,12-13,18-19H,1-5H2,(H,14,15)(H,16,17)/t6-,8-,10+/m1/s1. The van der Waals surface area contributed by atoms with Crippen molar-refractivity contribution in [3.63, 3.8) is 0 Å². The van der Waals surface area contributed by atoms with Crippen LogP contribution in [0.5, 0.6) is 0 Å². The van der Waals surface area contributed by atoms with Crippen LogP contribution in [-0.2, 0) is 9.59 Å². The van der Waals surface area contributed by atoms with Gasteiger partial charge in [-0.25, -0.2) is 0 Å². The Morgan fingerprint density at radius 1 is 1.32 bits per heavy atom. The molecule has 0 aromatic heterocycles. The molecule has 0 aromatic carbocycles. The zero-order valence-electron chi connectivity index (χ0n) is 10.3. The van der Waals surface area contributed by atoms with Crippen molar-refractivity contribution in [1.82, 2.24) is 5.32 Å². The lowest BCUT2D eigenvalue weighted by Gasteiger charge is -2.34. The number of hydrogen-bond acceptors (Lipinski definition) is 6. The molecule has 0 amide bonds. The summed E-state index contributed by atoms with van der Waals surface area (Å²) in [4.78, 5) is 22.1. The highest BCUT2D eigenvalue weighted by Crippen LogP contribution is 2.40. The molecular weight excluding hydrogens is 257 g/mol. The molecule has 0 unspecified atom stereocenters. The smallest absolute Gasteiger partial charge is 0.451 e. The zero-order chi connectivity index (χ0) is 14.6. The average Bonchev–Trinajstić information content (AvgIpc) is 2.55. The molecule has 1 saturated heterocycles. The fourth-order valence-corrected chi connectivity index (χ4v) is 2.68. The molecule has 1 aliphatic heterocycles. The Hall–Kier alpha value is -1.16. The molecule has 0 spiro atoms. The maximum Gasteiger partial charge on any atom is 0.451 e. The summed E-state index contributed by atoms with van der Waals surface area (Å²) in [6.45, 7) is 0.00588. The first-order chi connectivity index (χ1) is 8.79. The predicted octanol–water partition coefficient (Wildman–Crippen LogP) is -1.88. The van der Waals surface area contributed by atoms with Crippen molar-refractivity contribution in [2.24, 2.45) is 5.41 Å². The maximum atomic E-state index is 11.2. The van der Waals surface area contributed by atoms with E-state index in [4.69, 9.17) is 20.3 Å². The van der Waals surface area contributed by atoms with Crippen LogP contribution >= 0.6 is 0 Å². The van der Waals surface area contributed by atoms with Gasteiger partial charge in [-0.1, -0.05) is 6.42 Å². The number of hydrogen-bond donors (Lipinski definition) is 6. The lowest BCUT2D eigenvalue weighted by atomic mass is 9.69. The van der Waals surface area contributed by atoms with Crippen LogP contribution in [0.3, 0.4) is 0 Å². The van der Waals surface area contributed by atoms with Crippen molar-refractivity contribution >= 4 is 19.1 Å². The van der Waals surface area contributed by atoms with Crippen LogP contribution in [-0.4, -0.2) is 63.1 Å². The summed E-state index contributed by atoms with van der Waals surface area (Å²) in [5, 5.41) is 48.2. The first kappa shape index (κ1) is 15.9. The average molecular weight is 275 g/mol. The summed E-state index contributed by atoms with van der Waals surface area (Å²) in [5.74, 6) is -2.42. The number of aliphatic carboxylic acids is 2. The van der Waals surface area contributed by atoms with Crippen LogP contribution in [0, 0.1) is 5.41 Å². The van der Waals surface area contributed by atoms with Gasteiger partial charge in [0.15, 0.2) is 0 Å². The number of aliphatic hydroxyl groups is 1. The van der Waals surface area contributed by atoms with Gasteiger partial charge >= 0.3 is 19.1 Å². The summed E-state index contributed by atoms with van der Waals surface area (Å²) in [7, 11) is -1.53. The van der Waals surface area contributed by atoms with E-state index in [1.54, 1.807) is 0 Å². The Morgan fingerprint density at radius 2 is 1.95 bits per heavy atom. The highest BCUT2D eigenvalue weighted by atomic mass is 16.4. The summed E-state index contributed by atoms with van der Waals surface area (Å²) < 4.78 is 0. The zero-order valence-corrected chi connectivity index (χ0v) is 10.3. The highest BCUT2D eigenvalue weighted by Gasteiger charge is 2.53. The van der Waals surface area contributed by atoms with E-state index in [0.29, 0.717) is 0 Å². The fourth-order valence-electron chi connectivity index (χ4n) is 2.68. The summed E-state index contributed by atoms with van der Waals surface area (Å²) in [6, 6.07) is -1.16. The van der Waals surface area contributed by atoms with Gasteiger partial charge in [0.05, 0.1) is 12.5 Å². The molecule has 1 aliphatic rings. The molecule has 0 bridgehead atoms. The topological polar surface area (TPSA) is 147 Å². The quantitative estimate of drug-likeness (QED) is 0.296. The Balaban J connectivity index is 2.88. The molecule has 0 aromatic rings. The van der Waals surface area contributed by atoms with E-state index in [9.17, 15) is 14.7 Å². The minimum atomic E-state index is -1.53. The SMILES string of the molecule is O=C(O)C[C@@]1(CCCB(O)O)[C@H](O)CN[C@@H]1C(=O)O. The largest absolute Gasteiger partial charge is 0.481 e. The number of rotatable bonds is 7. The molecular formula is C10H18BNO7. The van der Waals surface area contributed by atoms with Crippen molar-refractivity contribution in [2.75, 3.05) is 6.54 Å². The van der Waals surface area contributed by atoms with Gasteiger partial charge in [0.25, 0.3) is 0 Å². The minimum absolute atomic E-state index is 0.000425. The van der Waals surface area contributed by atoms with E-state index in [2.05, 4.69) is 5.32 Å². The fraction of sp³-hybridized carbons (Fsp3) is 0.800. The van der Waals surface area contributed by atoms with Crippen molar-refractivity contribution in [1.29, 1.82) is 0 Å². The second kappa shape index (κ2) is 6.33. The second-order valence-electron chi connectivity index (χ2n) is 4.87. The molecule has 6 N–H and O–H groups in total. The Morgan fingerprint density at radius 3 is 2.42 bits per heavy atom. The lowest BCUT2D eigenvalue weighted by molar-refractivity contribution is -0.148. The van der Waals surface area contributed by atoms with Crippen LogP contribution in [0.25, 0.3) is 0 Å². The van der Waals surface area contributed by atoms with Crippen molar-refractivity contribution in [3.05, 3.63) is 0 Å².